The summed E-state index contributed by atoms with van der Waals surface area (Å²) >= 11 is 5.86. The van der Waals surface area contributed by atoms with E-state index < -0.39 is 5.82 Å². The van der Waals surface area contributed by atoms with Gasteiger partial charge in [0.25, 0.3) is 0 Å². The summed E-state index contributed by atoms with van der Waals surface area (Å²) in [7, 11) is 0. The van der Waals surface area contributed by atoms with Crippen molar-refractivity contribution in [3.8, 4) is 11.3 Å². The molecule has 114 valence electrons. The molecular weight excluding hydrogens is 289 g/mol. The number of nitrogens with zero attached hydrogens (tertiary/aromatic N) is 2. The average molecular weight is 310 g/mol. The van der Waals surface area contributed by atoms with Crippen LogP contribution >= 0.6 is 11.6 Å². The second-order valence-corrected chi connectivity index (χ2v) is 6.40. The van der Waals surface area contributed by atoms with E-state index in [1.165, 1.54) is 6.07 Å². The maximum atomic E-state index is 13.3. The monoisotopic (exact) mass is 309 g/mol. The summed E-state index contributed by atoms with van der Waals surface area (Å²) in [6.07, 6.45) is 0. The van der Waals surface area contributed by atoms with Crippen molar-refractivity contribution < 1.29 is 4.39 Å². The van der Waals surface area contributed by atoms with Gasteiger partial charge in [-0.3, -0.25) is 0 Å². The molecular formula is C16H21ClFN3. The van der Waals surface area contributed by atoms with E-state index in [9.17, 15) is 4.39 Å². The summed E-state index contributed by atoms with van der Waals surface area (Å²) in [5.74, 6) is 1.83. The lowest BCUT2D eigenvalue weighted by Gasteiger charge is -2.14. The van der Waals surface area contributed by atoms with Crippen molar-refractivity contribution in [2.45, 2.75) is 40.2 Å². The molecule has 2 rings (SSSR count). The first-order valence-corrected chi connectivity index (χ1v) is 7.50. The summed E-state index contributed by atoms with van der Waals surface area (Å²) in [5.41, 5.74) is 7.68. The Morgan fingerprint density at radius 2 is 1.95 bits per heavy atom. The summed E-state index contributed by atoms with van der Waals surface area (Å²) in [6, 6.07) is 4.57. The van der Waals surface area contributed by atoms with Gasteiger partial charge in [-0.15, -0.1) is 0 Å². The lowest BCUT2D eigenvalue weighted by atomic mass is 10.1. The molecule has 1 aromatic heterocycles. The van der Waals surface area contributed by atoms with E-state index in [0.717, 1.165) is 17.9 Å². The molecule has 0 saturated carbocycles. The first kappa shape index (κ1) is 15.8. The first-order valence-electron chi connectivity index (χ1n) is 7.12. The number of benzene rings is 1. The Morgan fingerprint density at radius 3 is 2.48 bits per heavy atom. The van der Waals surface area contributed by atoms with Crippen molar-refractivity contribution in [1.82, 2.24) is 9.55 Å². The minimum Gasteiger partial charge on any atom is -0.383 e. The van der Waals surface area contributed by atoms with Gasteiger partial charge in [0, 0.05) is 18.0 Å². The molecule has 1 aromatic carbocycles. The van der Waals surface area contributed by atoms with Crippen LogP contribution in [0.15, 0.2) is 18.2 Å². The van der Waals surface area contributed by atoms with E-state index in [-0.39, 0.29) is 10.9 Å². The minimum absolute atomic E-state index is 0.0800. The van der Waals surface area contributed by atoms with Crippen molar-refractivity contribution in [2.24, 2.45) is 5.92 Å². The molecule has 0 fully saturated rings. The van der Waals surface area contributed by atoms with Crippen LogP contribution in [0.1, 0.15) is 39.4 Å². The number of nitrogen functional groups attached to an aromatic ring is 1. The zero-order chi connectivity index (χ0) is 15.7. The Morgan fingerprint density at radius 1 is 1.29 bits per heavy atom. The molecule has 0 aliphatic heterocycles. The standard InChI is InChI=1S/C16H21ClFN3/c1-9(2)8-21-15(19)14(20-16(21)10(3)4)11-5-6-13(18)12(17)7-11/h5-7,9-10H,8,19H2,1-4H3. The molecule has 5 heteroatoms. The highest BCUT2D eigenvalue weighted by atomic mass is 35.5. The summed E-state index contributed by atoms with van der Waals surface area (Å²) in [5, 5.41) is 0.0800. The van der Waals surface area contributed by atoms with Crippen LogP contribution in [-0.4, -0.2) is 9.55 Å². The van der Waals surface area contributed by atoms with Gasteiger partial charge < -0.3 is 10.3 Å². The zero-order valence-electron chi connectivity index (χ0n) is 12.8. The number of hydrogen-bond acceptors (Lipinski definition) is 2. The number of rotatable bonds is 4. The second-order valence-electron chi connectivity index (χ2n) is 5.99. The molecule has 0 unspecified atom stereocenters. The molecule has 1 heterocycles. The van der Waals surface area contributed by atoms with E-state index in [4.69, 9.17) is 17.3 Å². The van der Waals surface area contributed by atoms with Crippen molar-refractivity contribution >= 4 is 17.4 Å². The number of halogens is 2. The van der Waals surface area contributed by atoms with Gasteiger partial charge >= 0.3 is 0 Å². The van der Waals surface area contributed by atoms with Gasteiger partial charge in [0.15, 0.2) is 0 Å². The maximum absolute atomic E-state index is 13.3. The van der Waals surface area contributed by atoms with Crippen LogP contribution in [0.3, 0.4) is 0 Å². The van der Waals surface area contributed by atoms with Gasteiger partial charge in [-0.2, -0.15) is 0 Å². The lowest BCUT2D eigenvalue weighted by Crippen LogP contribution is -2.12. The maximum Gasteiger partial charge on any atom is 0.141 e. The Bertz CT molecular complexity index is 647. The molecule has 0 bridgehead atoms. The summed E-state index contributed by atoms with van der Waals surface area (Å²) in [6.45, 7) is 9.25. The predicted molar refractivity (Wildman–Crippen MR) is 86.0 cm³/mol. The van der Waals surface area contributed by atoms with Crippen LogP contribution in [0, 0.1) is 11.7 Å². The lowest BCUT2D eigenvalue weighted by molar-refractivity contribution is 0.502. The fourth-order valence-electron chi connectivity index (χ4n) is 2.34. The first-order chi connectivity index (χ1) is 9.81. The number of nitrogens with two attached hydrogens (primary N) is 1. The molecule has 0 amide bonds. The number of hydrogen-bond donors (Lipinski definition) is 1. The third-order valence-corrected chi connectivity index (χ3v) is 3.58. The fraction of sp³-hybridized carbons (Fsp3) is 0.438. The number of imidazole rings is 1. The van der Waals surface area contributed by atoms with Crippen molar-refractivity contribution in [3.05, 3.63) is 34.9 Å². The van der Waals surface area contributed by atoms with Crippen molar-refractivity contribution in [3.63, 3.8) is 0 Å². The molecule has 2 aromatic rings. The topological polar surface area (TPSA) is 43.8 Å². The normalized spacial score (nSPS) is 11.6. The van der Waals surface area contributed by atoms with Gasteiger partial charge in [-0.25, -0.2) is 9.37 Å². The smallest absolute Gasteiger partial charge is 0.141 e. The molecule has 0 aliphatic rings. The van der Waals surface area contributed by atoms with Crippen LogP contribution in [-0.2, 0) is 6.54 Å². The number of anilines is 1. The van der Waals surface area contributed by atoms with Gasteiger partial charge in [-0.1, -0.05) is 39.3 Å². The molecule has 2 N–H and O–H groups in total. The SMILES string of the molecule is CC(C)Cn1c(C(C)C)nc(-c2ccc(F)c(Cl)c2)c1N. The zero-order valence-corrected chi connectivity index (χ0v) is 13.6. The molecule has 0 saturated heterocycles. The summed E-state index contributed by atoms with van der Waals surface area (Å²) < 4.78 is 15.4. The van der Waals surface area contributed by atoms with Gasteiger partial charge in [0.2, 0.25) is 0 Å². The van der Waals surface area contributed by atoms with E-state index in [1.54, 1.807) is 12.1 Å². The largest absolute Gasteiger partial charge is 0.383 e. The van der Waals surface area contributed by atoms with E-state index in [1.807, 2.05) is 4.57 Å². The van der Waals surface area contributed by atoms with Gasteiger partial charge in [0.1, 0.15) is 23.2 Å². The van der Waals surface area contributed by atoms with Crippen LogP contribution in [0.5, 0.6) is 0 Å². The van der Waals surface area contributed by atoms with Crippen LogP contribution in [0.2, 0.25) is 5.02 Å². The average Bonchev–Trinajstić information content (AvgIpc) is 2.70. The molecule has 0 atom stereocenters. The van der Waals surface area contributed by atoms with Crippen LogP contribution in [0.4, 0.5) is 10.2 Å². The Labute approximate surface area is 129 Å². The van der Waals surface area contributed by atoms with Crippen LogP contribution in [0.25, 0.3) is 11.3 Å². The van der Waals surface area contributed by atoms with E-state index in [0.29, 0.717) is 17.4 Å². The fourth-order valence-corrected chi connectivity index (χ4v) is 2.52. The molecule has 0 spiro atoms. The Kier molecular flexibility index (Phi) is 4.57. The third-order valence-electron chi connectivity index (χ3n) is 3.29. The molecule has 0 radical (unpaired) electrons. The Balaban J connectivity index is 2.56. The molecule has 21 heavy (non-hydrogen) atoms. The quantitative estimate of drug-likeness (QED) is 0.889. The molecule has 3 nitrogen and oxygen atoms in total. The van der Waals surface area contributed by atoms with E-state index >= 15 is 0 Å². The van der Waals surface area contributed by atoms with Gasteiger partial charge in [0.05, 0.1) is 5.02 Å². The predicted octanol–water partition coefficient (Wildman–Crippen LogP) is 4.70. The van der Waals surface area contributed by atoms with Crippen LogP contribution < -0.4 is 5.73 Å². The highest BCUT2D eigenvalue weighted by Crippen LogP contribution is 2.32. The van der Waals surface area contributed by atoms with E-state index in [2.05, 4.69) is 32.7 Å². The Hall–Kier alpha value is -1.55. The highest BCUT2D eigenvalue weighted by Gasteiger charge is 2.19. The second kappa shape index (κ2) is 6.06. The van der Waals surface area contributed by atoms with Crippen molar-refractivity contribution in [2.75, 3.05) is 5.73 Å². The third kappa shape index (κ3) is 3.21. The minimum atomic E-state index is -0.440. The molecule has 0 aliphatic carbocycles. The van der Waals surface area contributed by atoms with Gasteiger partial charge in [-0.05, 0) is 24.1 Å². The number of aromatic nitrogens is 2. The van der Waals surface area contributed by atoms with Crippen molar-refractivity contribution in [1.29, 1.82) is 0 Å². The summed E-state index contributed by atoms with van der Waals surface area (Å²) in [4.78, 5) is 4.66. The highest BCUT2D eigenvalue weighted by molar-refractivity contribution is 6.31.